The molecule has 0 aromatic heterocycles. The maximum atomic E-state index is 12.2. The van der Waals surface area contributed by atoms with Crippen molar-refractivity contribution in [2.24, 2.45) is 11.3 Å². The number of carbonyl (C=O) groups excluding carboxylic acids is 3. The summed E-state index contributed by atoms with van der Waals surface area (Å²) in [6.45, 7) is 5.23. The zero-order chi connectivity index (χ0) is 12.8. The Morgan fingerprint density at radius 2 is 1.88 bits per heavy atom. The number of carbonyl (C=O) groups is 3. The van der Waals surface area contributed by atoms with Crippen LogP contribution >= 0.6 is 0 Å². The Labute approximate surface area is 101 Å². The van der Waals surface area contributed by atoms with Gasteiger partial charge in [-0.2, -0.15) is 0 Å². The summed E-state index contributed by atoms with van der Waals surface area (Å²) in [4.78, 5) is 36.8. The fourth-order valence-corrected chi connectivity index (χ4v) is 2.55. The number of hydrogen-bond donors (Lipinski definition) is 1. The molecule has 1 saturated heterocycles. The third-order valence-corrected chi connectivity index (χ3v) is 3.79. The summed E-state index contributed by atoms with van der Waals surface area (Å²) in [5.41, 5.74) is -1.14. The van der Waals surface area contributed by atoms with Crippen LogP contribution in [0.4, 0.5) is 4.79 Å². The van der Waals surface area contributed by atoms with Gasteiger partial charge in [-0.3, -0.25) is 19.8 Å². The number of hydrogen-bond acceptors (Lipinski definition) is 3. The van der Waals surface area contributed by atoms with Crippen LogP contribution in [0.3, 0.4) is 0 Å². The van der Waals surface area contributed by atoms with Crippen molar-refractivity contribution in [1.82, 2.24) is 10.2 Å². The Bertz CT molecular complexity index is 389. The summed E-state index contributed by atoms with van der Waals surface area (Å²) < 4.78 is 0. The largest absolute Gasteiger partial charge is 0.331 e. The Morgan fingerprint density at radius 3 is 2.41 bits per heavy atom. The highest BCUT2D eigenvalue weighted by Gasteiger charge is 2.49. The van der Waals surface area contributed by atoms with Gasteiger partial charge in [0.1, 0.15) is 5.41 Å². The second-order valence-electron chi connectivity index (χ2n) is 5.63. The van der Waals surface area contributed by atoms with Crippen LogP contribution < -0.4 is 5.32 Å². The van der Waals surface area contributed by atoms with Crippen LogP contribution in [0.2, 0.25) is 0 Å². The van der Waals surface area contributed by atoms with E-state index in [1.807, 2.05) is 0 Å². The van der Waals surface area contributed by atoms with Gasteiger partial charge in [0.25, 0.3) is 0 Å². The van der Waals surface area contributed by atoms with Crippen LogP contribution in [-0.4, -0.2) is 28.8 Å². The summed E-state index contributed by atoms with van der Waals surface area (Å²) in [5.74, 6) is -0.346. The van der Waals surface area contributed by atoms with Crippen LogP contribution in [-0.2, 0) is 9.59 Å². The van der Waals surface area contributed by atoms with Gasteiger partial charge in [-0.15, -0.1) is 0 Å². The molecule has 2 unspecified atom stereocenters. The van der Waals surface area contributed by atoms with Crippen molar-refractivity contribution in [1.29, 1.82) is 0 Å². The van der Waals surface area contributed by atoms with Gasteiger partial charge in [0.05, 0.1) is 0 Å². The first-order chi connectivity index (χ1) is 7.84. The fraction of sp³-hybridized carbons (Fsp3) is 0.750. The first-order valence-electron chi connectivity index (χ1n) is 6.03. The number of barbiturate groups is 1. The lowest BCUT2D eigenvalue weighted by molar-refractivity contribution is -0.150. The Balaban J connectivity index is 2.24. The second-order valence-corrected chi connectivity index (χ2v) is 5.63. The molecule has 2 fully saturated rings. The zero-order valence-corrected chi connectivity index (χ0v) is 10.4. The van der Waals surface area contributed by atoms with E-state index in [1.165, 1.54) is 4.90 Å². The minimum atomic E-state index is -1.14. The minimum Gasteiger partial charge on any atom is -0.277 e. The van der Waals surface area contributed by atoms with E-state index >= 15 is 0 Å². The molecule has 17 heavy (non-hydrogen) atoms. The van der Waals surface area contributed by atoms with Crippen LogP contribution in [0.5, 0.6) is 0 Å². The molecule has 1 aliphatic carbocycles. The zero-order valence-electron chi connectivity index (χ0n) is 10.4. The van der Waals surface area contributed by atoms with Crippen LogP contribution in [0.1, 0.15) is 40.0 Å². The molecular weight excluding hydrogens is 220 g/mol. The van der Waals surface area contributed by atoms with Crippen LogP contribution in [0.25, 0.3) is 0 Å². The molecule has 0 bridgehead atoms. The summed E-state index contributed by atoms with van der Waals surface area (Å²) in [7, 11) is 0. The average Bonchev–Trinajstić information content (AvgIpc) is 2.63. The van der Waals surface area contributed by atoms with Crippen LogP contribution in [0.15, 0.2) is 0 Å². The number of amides is 4. The summed E-state index contributed by atoms with van der Waals surface area (Å²) in [5, 5.41) is 2.27. The molecule has 2 rings (SSSR count). The van der Waals surface area contributed by atoms with Gasteiger partial charge in [-0.05, 0) is 39.0 Å². The highest BCUT2D eigenvalue weighted by molar-refractivity contribution is 6.18. The number of nitrogens with zero attached hydrogens (tertiary/aromatic N) is 1. The van der Waals surface area contributed by atoms with Crippen molar-refractivity contribution in [3.63, 3.8) is 0 Å². The fourth-order valence-electron chi connectivity index (χ4n) is 2.55. The number of nitrogens with one attached hydrogen (secondary N) is 1. The molecule has 0 radical (unpaired) electrons. The van der Waals surface area contributed by atoms with E-state index in [2.05, 4.69) is 12.2 Å². The van der Waals surface area contributed by atoms with E-state index in [-0.39, 0.29) is 11.9 Å². The molecule has 1 aliphatic heterocycles. The smallest absolute Gasteiger partial charge is 0.277 e. The van der Waals surface area contributed by atoms with E-state index in [9.17, 15) is 14.4 Å². The number of imide groups is 2. The first-order valence-corrected chi connectivity index (χ1v) is 6.03. The van der Waals surface area contributed by atoms with Crippen molar-refractivity contribution in [3.05, 3.63) is 0 Å². The molecule has 0 aromatic carbocycles. The average molecular weight is 238 g/mol. The Kier molecular flexibility index (Phi) is 2.72. The van der Waals surface area contributed by atoms with Gasteiger partial charge in [-0.1, -0.05) is 6.92 Å². The lowest BCUT2D eigenvalue weighted by atomic mass is 9.88. The van der Waals surface area contributed by atoms with E-state index in [4.69, 9.17) is 0 Å². The molecule has 2 atom stereocenters. The van der Waals surface area contributed by atoms with E-state index in [1.54, 1.807) is 13.8 Å². The standard InChI is InChI=1S/C12H18N2O3/c1-7-4-5-8(6-7)14-10(16)12(2,3)9(15)13-11(14)17/h7-8H,4-6H2,1-3H3,(H,13,15,17). The minimum absolute atomic E-state index is 0.0510. The number of urea groups is 1. The second kappa shape index (κ2) is 3.82. The molecule has 1 N–H and O–H groups in total. The third kappa shape index (κ3) is 1.83. The van der Waals surface area contributed by atoms with Crippen LogP contribution in [0, 0.1) is 11.3 Å². The molecule has 5 nitrogen and oxygen atoms in total. The molecule has 4 amide bonds. The third-order valence-electron chi connectivity index (χ3n) is 3.79. The molecule has 0 aromatic rings. The van der Waals surface area contributed by atoms with E-state index in [0.29, 0.717) is 5.92 Å². The Morgan fingerprint density at radius 1 is 1.24 bits per heavy atom. The van der Waals surface area contributed by atoms with Crippen molar-refractivity contribution >= 4 is 17.8 Å². The van der Waals surface area contributed by atoms with Gasteiger partial charge in [-0.25, -0.2) is 4.79 Å². The predicted octanol–water partition coefficient (Wildman–Crippen LogP) is 1.28. The lowest BCUT2D eigenvalue weighted by Crippen LogP contribution is -2.64. The highest BCUT2D eigenvalue weighted by Crippen LogP contribution is 2.33. The van der Waals surface area contributed by atoms with Gasteiger partial charge >= 0.3 is 6.03 Å². The topological polar surface area (TPSA) is 66.5 Å². The van der Waals surface area contributed by atoms with Gasteiger partial charge < -0.3 is 0 Å². The monoisotopic (exact) mass is 238 g/mol. The van der Waals surface area contributed by atoms with Gasteiger partial charge in [0, 0.05) is 6.04 Å². The normalized spacial score (nSPS) is 32.9. The summed E-state index contributed by atoms with van der Waals surface area (Å²) >= 11 is 0. The molecule has 1 heterocycles. The summed E-state index contributed by atoms with van der Waals surface area (Å²) in [6.07, 6.45) is 2.70. The first kappa shape index (κ1) is 12.1. The van der Waals surface area contributed by atoms with Gasteiger partial charge in [0.2, 0.25) is 11.8 Å². The maximum absolute atomic E-state index is 12.2. The van der Waals surface area contributed by atoms with E-state index in [0.717, 1.165) is 19.3 Å². The quantitative estimate of drug-likeness (QED) is 0.700. The van der Waals surface area contributed by atoms with Crippen molar-refractivity contribution < 1.29 is 14.4 Å². The molecule has 94 valence electrons. The van der Waals surface area contributed by atoms with Crippen molar-refractivity contribution in [3.8, 4) is 0 Å². The number of rotatable bonds is 1. The van der Waals surface area contributed by atoms with Crippen molar-refractivity contribution in [2.75, 3.05) is 0 Å². The highest BCUT2D eigenvalue weighted by atomic mass is 16.2. The molecule has 1 saturated carbocycles. The van der Waals surface area contributed by atoms with Crippen molar-refractivity contribution in [2.45, 2.75) is 46.1 Å². The molecule has 2 aliphatic rings. The predicted molar refractivity (Wildman–Crippen MR) is 61.0 cm³/mol. The molecular formula is C12H18N2O3. The van der Waals surface area contributed by atoms with Gasteiger partial charge in [0.15, 0.2) is 0 Å². The SMILES string of the molecule is CC1CCC(N2C(=O)NC(=O)C(C)(C)C2=O)C1. The summed E-state index contributed by atoms with van der Waals surface area (Å²) in [6, 6.07) is -0.608. The maximum Gasteiger partial charge on any atom is 0.331 e. The van der Waals surface area contributed by atoms with E-state index < -0.39 is 17.4 Å². The molecule has 5 heteroatoms. The molecule has 0 spiro atoms. The lowest BCUT2D eigenvalue weighted by Gasteiger charge is -2.37. The Hall–Kier alpha value is -1.39.